The molecule has 2 unspecified atom stereocenters. The van der Waals surface area contributed by atoms with Crippen molar-refractivity contribution < 1.29 is 24.2 Å². The second kappa shape index (κ2) is 15.6. The number of carbonyl (C=O) groups excluding carboxylic acids is 3. The monoisotopic (exact) mass is 636 g/mol. The van der Waals surface area contributed by atoms with Gasteiger partial charge in [-0.25, -0.2) is 0 Å². The molecule has 3 aliphatic rings. The average Bonchev–Trinajstić information content (AvgIpc) is 3.67. The van der Waals surface area contributed by atoms with E-state index in [9.17, 15) is 19.5 Å². The van der Waals surface area contributed by atoms with E-state index in [1.54, 1.807) is 26.9 Å². The predicted octanol–water partition coefficient (Wildman–Crippen LogP) is 5.18. The van der Waals surface area contributed by atoms with Crippen molar-refractivity contribution >= 4 is 29.1 Å². The van der Waals surface area contributed by atoms with Gasteiger partial charge in [-0.3, -0.25) is 14.4 Å². The van der Waals surface area contributed by atoms with Crippen LogP contribution in [0.5, 0.6) is 0 Å². The molecule has 3 amide bonds. The highest BCUT2D eigenvalue weighted by molar-refractivity contribution is 6.05. The smallest absolute Gasteiger partial charge is 0.253 e. The molecule has 1 aromatic rings. The summed E-state index contributed by atoms with van der Waals surface area (Å²) in [6.07, 6.45) is 9.09. The van der Waals surface area contributed by atoms with Crippen molar-refractivity contribution in [3.63, 3.8) is 0 Å². The molecule has 3 fully saturated rings. The minimum Gasteiger partial charge on any atom is -0.396 e. The number of ether oxygens (including phenoxy) is 1. The highest BCUT2D eigenvalue weighted by Crippen LogP contribution is 2.64. The number of carbonyl (C=O) groups is 3. The summed E-state index contributed by atoms with van der Waals surface area (Å²) < 4.78 is 7.04. The number of nitrogens with zero attached hydrogens (tertiary/aromatic N) is 4. The minimum atomic E-state index is -1.08. The minimum absolute atomic E-state index is 0.0746. The van der Waals surface area contributed by atoms with Gasteiger partial charge in [0.2, 0.25) is 11.8 Å². The maximum absolute atomic E-state index is 14.9. The number of likely N-dealkylation sites (tertiary alicyclic amines) is 1. The zero-order chi connectivity index (χ0) is 33.5. The molecule has 4 rings (SSSR count). The Kier molecular flexibility index (Phi) is 12.1. The first-order valence-corrected chi connectivity index (χ1v) is 17.5. The fourth-order valence-electron chi connectivity index (χ4n) is 8.31. The Labute approximate surface area is 276 Å². The molecule has 46 heavy (non-hydrogen) atoms. The first-order valence-electron chi connectivity index (χ1n) is 17.5. The van der Waals surface area contributed by atoms with Crippen molar-refractivity contribution in [2.24, 2.45) is 11.8 Å². The molecular formula is C37H56N4O5. The Bertz CT molecular complexity index is 1230. The zero-order valence-corrected chi connectivity index (χ0v) is 28.6. The third-order valence-corrected chi connectivity index (χ3v) is 10.5. The van der Waals surface area contributed by atoms with Crippen LogP contribution in [-0.4, -0.2) is 95.7 Å². The second-order valence-corrected chi connectivity index (χ2v) is 13.0. The number of benzene rings is 1. The van der Waals surface area contributed by atoms with E-state index in [-0.39, 0.29) is 30.9 Å². The molecule has 3 aliphatic heterocycles. The third kappa shape index (κ3) is 6.37. The lowest BCUT2D eigenvalue weighted by Gasteiger charge is -2.37. The van der Waals surface area contributed by atoms with Crippen molar-refractivity contribution in [3.8, 4) is 0 Å². The fraction of sp³-hybridized carbons (Fsp3) is 0.649. The summed E-state index contributed by atoms with van der Waals surface area (Å²) in [4.78, 5) is 51.5. The first kappa shape index (κ1) is 35.7. The van der Waals surface area contributed by atoms with Gasteiger partial charge in [0, 0.05) is 57.3 Å². The number of rotatable bonds is 19. The molecule has 9 heteroatoms. The zero-order valence-electron chi connectivity index (χ0n) is 28.6. The van der Waals surface area contributed by atoms with Gasteiger partial charge in [0.15, 0.2) is 0 Å². The van der Waals surface area contributed by atoms with Crippen LogP contribution in [0.4, 0.5) is 11.4 Å². The van der Waals surface area contributed by atoms with Crippen LogP contribution in [0.1, 0.15) is 79.1 Å². The number of hydrogen-bond acceptors (Lipinski definition) is 6. The predicted molar refractivity (Wildman–Crippen MR) is 184 cm³/mol. The van der Waals surface area contributed by atoms with Crippen LogP contribution in [0.15, 0.2) is 49.6 Å². The van der Waals surface area contributed by atoms with E-state index >= 15 is 0 Å². The number of aliphatic hydroxyl groups is 1. The normalized spacial score (nSPS) is 26.2. The van der Waals surface area contributed by atoms with Gasteiger partial charge in [0.25, 0.3) is 5.91 Å². The topological polar surface area (TPSA) is 93.6 Å². The van der Waals surface area contributed by atoms with Crippen molar-refractivity contribution in [1.82, 2.24) is 9.80 Å². The van der Waals surface area contributed by atoms with E-state index in [0.717, 1.165) is 43.7 Å². The number of unbranched alkanes of at least 4 members (excludes halogenated alkanes) is 3. The van der Waals surface area contributed by atoms with Gasteiger partial charge >= 0.3 is 0 Å². The standard InChI is InChI=1S/C37H56N4O5/c1-7-23-39(24-8-2)33(43)30-31-34(44)41(26-15-13-14-16-27-42)32(37(31)22-21-36(30,10-4)46-37)35(45)40(25-9-3)29-19-17-28(18-20-29)38(11-5)12-6/h7,9,17-20,30-32,42H,1,3,8,10-16,21-27H2,2,4-6H3/t30-,31+,32?,36+,37?/m1/s1. The maximum atomic E-state index is 14.9. The Morgan fingerprint density at radius 1 is 0.957 bits per heavy atom. The lowest BCUT2D eigenvalue weighted by atomic mass is 9.64. The van der Waals surface area contributed by atoms with Crippen LogP contribution in [0.25, 0.3) is 0 Å². The number of amides is 3. The lowest BCUT2D eigenvalue weighted by molar-refractivity contribution is -0.151. The van der Waals surface area contributed by atoms with Crippen LogP contribution in [-0.2, 0) is 19.1 Å². The second-order valence-electron chi connectivity index (χ2n) is 13.0. The lowest BCUT2D eigenvalue weighted by Crippen LogP contribution is -2.56. The Morgan fingerprint density at radius 3 is 2.20 bits per heavy atom. The van der Waals surface area contributed by atoms with Gasteiger partial charge < -0.3 is 29.4 Å². The quantitative estimate of drug-likeness (QED) is 0.166. The summed E-state index contributed by atoms with van der Waals surface area (Å²) in [5, 5.41) is 9.27. The number of anilines is 2. The van der Waals surface area contributed by atoms with Crippen LogP contribution in [0, 0.1) is 11.8 Å². The molecule has 0 aliphatic carbocycles. The largest absolute Gasteiger partial charge is 0.396 e. The molecule has 3 heterocycles. The molecule has 3 saturated heterocycles. The fourth-order valence-corrected chi connectivity index (χ4v) is 8.31. The van der Waals surface area contributed by atoms with Crippen LogP contribution in [0.3, 0.4) is 0 Å². The number of fused-ring (bicyclic) bond motifs is 1. The van der Waals surface area contributed by atoms with E-state index in [2.05, 4.69) is 31.9 Å². The highest BCUT2D eigenvalue weighted by atomic mass is 16.5. The van der Waals surface area contributed by atoms with Crippen molar-refractivity contribution in [3.05, 3.63) is 49.6 Å². The molecule has 254 valence electrons. The van der Waals surface area contributed by atoms with Gasteiger partial charge in [-0.15, -0.1) is 13.2 Å². The molecular weight excluding hydrogens is 580 g/mol. The first-order chi connectivity index (χ1) is 22.2. The third-order valence-electron chi connectivity index (χ3n) is 10.5. The summed E-state index contributed by atoms with van der Waals surface area (Å²) in [6.45, 7) is 19.7. The van der Waals surface area contributed by atoms with E-state index in [1.165, 1.54) is 0 Å². The summed E-state index contributed by atoms with van der Waals surface area (Å²) in [5.41, 5.74) is -0.0478. The van der Waals surface area contributed by atoms with Crippen molar-refractivity contribution in [2.75, 3.05) is 55.7 Å². The van der Waals surface area contributed by atoms with Gasteiger partial charge in [-0.05, 0) is 76.6 Å². The van der Waals surface area contributed by atoms with E-state index in [0.29, 0.717) is 51.7 Å². The Balaban J connectivity index is 1.76. The summed E-state index contributed by atoms with van der Waals surface area (Å²) in [5.74, 6) is -1.80. The molecule has 9 nitrogen and oxygen atoms in total. The van der Waals surface area contributed by atoms with Gasteiger partial charge in [-0.2, -0.15) is 0 Å². The molecule has 0 aromatic heterocycles. The van der Waals surface area contributed by atoms with E-state index < -0.39 is 29.1 Å². The molecule has 0 radical (unpaired) electrons. The van der Waals surface area contributed by atoms with Crippen molar-refractivity contribution in [1.29, 1.82) is 0 Å². The van der Waals surface area contributed by atoms with Crippen LogP contribution >= 0.6 is 0 Å². The molecule has 1 N–H and O–H groups in total. The van der Waals surface area contributed by atoms with E-state index in [4.69, 9.17) is 4.74 Å². The van der Waals surface area contributed by atoms with Crippen LogP contribution in [0.2, 0.25) is 0 Å². The molecule has 0 saturated carbocycles. The highest BCUT2D eigenvalue weighted by Gasteiger charge is 2.79. The summed E-state index contributed by atoms with van der Waals surface area (Å²) in [6, 6.07) is 7.14. The summed E-state index contributed by atoms with van der Waals surface area (Å²) in [7, 11) is 0. The van der Waals surface area contributed by atoms with Crippen molar-refractivity contribution in [2.45, 2.75) is 96.3 Å². The molecule has 1 spiro atoms. The molecule has 1 aromatic carbocycles. The molecule has 2 bridgehead atoms. The van der Waals surface area contributed by atoms with Gasteiger partial charge in [0.05, 0.1) is 17.4 Å². The molecule has 5 atom stereocenters. The Hall–Kier alpha value is -3.17. The van der Waals surface area contributed by atoms with Gasteiger partial charge in [0.1, 0.15) is 11.6 Å². The average molecular weight is 637 g/mol. The van der Waals surface area contributed by atoms with E-state index in [1.807, 2.05) is 38.1 Å². The number of hydrogen-bond donors (Lipinski definition) is 1. The number of aliphatic hydroxyl groups excluding tert-OH is 1. The summed E-state index contributed by atoms with van der Waals surface area (Å²) >= 11 is 0. The van der Waals surface area contributed by atoms with Crippen LogP contribution < -0.4 is 9.80 Å². The Morgan fingerprint density at radius 2 is 1.61 bits per heavy atom. The maximum Gasteiger partial charge on any atom is 0.253 e. The van der Waals surface area contributed by atoms with Gasteiger partial charge in [-0.1, -0.05) is 38.8 Å². The SMILES string of the molecule is C=CCN(CCC)C(=O)[C@H]1[C@H]2C(=O)N(CCCCCCO)C(C(=O)N(CC=C)c3ccc(N(CC)CC)cc3)C23CC[C@]1(CC)O3.